The van der Waals surface area contributed by atoms with Gasteiger partial charge in [-0.1, -0.05) is 19.1 Å². The lowest BCUT2D eigenvalue weighted by Gasteiger charge is -2.21. The van der Waals surface area contributed by atoms with Crippen molar-refractivity contribution in [3.63, 3.8) is 0 Å². The van der Waals surface area contributed by atoms with Crippen LogP contribution in [0.1, 0.15) is 32.3 Å². The Morgan fingerprint density at radius 1 is 1.18 bits per heavy atom. The molecule has 0 saturated carbocycles. The Hall–Kier alpha value is -3.02. The van der Waals surface area contributed by atoms with E-state index in [4.69, 9.17) is 4.74 Å². The minimum atomic E-state index is -0.443. The van der Waals surface area contributed by atoms with E-state index in [1.54, 1.807) is 18.9 Å². The fourth-order valence-corrected chi connectivity index (χ4v) is 3.28. The number of carbonyl (C=O) groups excluding carboxylic acids is 2. The van der Waals surface area contributed by atoms with Crippen LogP contribution in [0.25, 0.3) is 0 Å². The second-order valence-electron chi connectivity index (χ2n) is 6.94. The Labute approximate surface area is 165 Å². The minimum Gasteiger partial charge on any atom is -0.495 e. The van der Waals surface area contributed by atoms with Crippen LogP contribution in [-0.4, -0.2) is 31.5 Å². The Bertz CT molecular complexity index is 849. The lowest BCUT2D eigenvalue weighted by Crippen LogP contribution is -2.32. The summed E-state index contributed by atoms with van der Waals surface area (Å²) in [6.45, 7) is 4.58. The predicted octanol–water partition coefficient (Wildman–Crippen LogP) is 3.82. The highest BCUT2D eigenvalue weighted by atomic mass is 16.5. The van der Waals surface area contributed by atoms with Crippen molar-refractivity contribution in [2.45, 2.75) is 39.2 Å². The number of aryl methyl sites for hydroxylation is 1. The van der Waals surface area contributed by atoms with E-state index in [9.17, 15) is 9.59 Å². The fraction of sp³-hybridized carbons (Fsp3) is 0.364. The summed E-state index contributed by atoms with van der Waals surface area (Å²) in [5.41, 5.74) is 3.50. The summed E-state index contributed by atoms with van der Waals surface area (Å²) in [5, 5.41) is 6.13. The van der Waals surface area contributed by atoms with E-state index in [1.807, 2.05) is 42.5 Å². The van der Waals surface area contributed by atoms with E-state index >= 15 is 0 Å². The summed E-state index contributed by atoms with van der Waals surface area (Å²) in [4.78, 5) is 26.4. The average molecular weight is 381 g/mol. The van der Waals surface area contributed by atoms with E-state index in [2.05, 4.69) is 17.6 Å². The van der Waals surface area contributed by atoms with Gasteiger partial charge in [0.2, 0.25) is 11.8 Å². The van der Waals surface area contributed by atoms with Crippen LogP contribution in [0.15, 0.2) is 42.5 Å². The summed E-state index contributed by atoms with van der Waals surface area (Å²) in [7, 11) is 1.59. The van der Waals surface area contributed by atoms with Crippen molar-refractivity contribution in [2.75, 3.05) is 29.2 Å². The van der Waals surface area contributed by atoms with Gasteiger partial charge in [-0.25, -0.2) is 0 Å². The van der Waals surface area contributed by atoms with Crippen molar-refractivity contribution in [1.82, 2.24) is 0 Å². The van der Waals surface area contributed by atoms with Crippen molar-refractivity contribution in [3.05, 3.63) is 48.0 Å². The molecule has 2 aromatic rings. The Balaban J connectivity index is 1.69. The number of benzene rings is 2. The maximum atomic E-state index is 12.5. The molecule has 2 amide bonds. The number of ether oxygens (including phenoxy) is 1. The van der Waals surface area contributed by atoms with Gasteiger partial charge in [-0.2, -0.15) is 0 Å². The second-order valence-corrected chi connectivity index (χ2v) is 6.94. The van der Waals surface area contributed by atoms with Crippen LogP contribution in [0.4, 0.5) is 17.1 Å². The number of nitrogens with zero attached hydrogens (tertiary/aromatic N) is 1. The molecule has 3 rings (SSSR count). The van der Waals surface area contributed by atoms with Gasteiger partial charge in [-0.15, -0.1) is 0 Å². The van der Waals surface area contributed by atoms with Crippen LogP contribution in [-0.2, 0) is 16.0 Å². The zero-order valence-corrected chi connectivity index (χ0v) is 16.6. The van der Waals surface area contributed by atoms with Crippen LogP contribution < -0.4 is 20.3 Å². The van der Waals surface area contributed by atoms with Crippen molar-refractivity contribution in [3.8, 4) is 5.75 Å². The highest BCUT2D eigenvalue weighted by Gasteiger charge is 2.25. The smallest absolute Gasteiger partial charge is 0.246 e. The molecule has 1 saturated heterocycles. The number of carbonyl (C=O) groups is 2. The lowest BCUT2D eigenvalue weighted by molar-refractivity contribution is -0.117. The number of anilines is 3. The van der Waals surface area contributed by atoms with Crippen LogP contribution in [0.3, 0.4) is 0 Å². The first-order valence-corrected chi connectivity index (χ1v) is 9.66. The van der Waals surface area contributed by atoms with Crippen molar-refractivity contribution < 1.29 is 14.3 Å². The number of amides is 2. The van der Waals surface area contributed by atoms with E-state index in [0.717, 1.165) is 29.9 Å². The monoisotopic (exact) mass is 381 g/mol. The highest BCUT2D eigenvalue weighted by molar-refractivity contribution is 5.98. The van der Waals surface area contributed by atoms with Crippen LogP contribution in [0, 0.1) is 0 Å². The third-order valence-corrected chi connectivity index (χ3v) is 4.95. The van der Waals surface area contributed by atoms with Gasteiger partial charge in [0.05, 0.1) is 12.8 Å². The van der Waals surface area contributed by atoms with Gasteiger partial charge in [-0.05, 0) is 55.7 Å². The third kappa shape index (κ3) is 4.44. The molecule has 1 aliphatic rings. The SMILES string of the molecule is CCc1ccc(NC(=O)C(C)Nc2ccc(OC)c(N3CCCC3=O)c2)cc1. The zero-order chi connectivity index (χ0) is 20.1. The van der Waals surface area contributed by atoms with Gasteiger partial charge in [0.15, 0.2) is 0 Å². The first kappa shape index (κ1) is 19.7. The molecular formula is C22H27N3O3. The Kier molecular flexibility index (Phi) is 6.19. The van der Waals surface area contributed by atoms with Crippen LogP contribution >= 0.6 is 0 Å². The summed E-state index contributed by atoms with van der Waals surface area (Å²) < 4.78 is 5.41. The molecular weight excluding hydrogens is 354 g/mol. The molecule has 6 nitrogen and oxygen atoms in total. The first-order chi connectivity index (χ1) is 13.5. The standard InChI is InChI=1S/C22H27N3O3/c1-4-16-7-9-17(10-8-16)24-22(27)15(2)23-18-11-12-20(28-3)19(14-18)25-13-5-6-21(25)26/h7-12,14-15,23H,4-6,13H2,1-3H3,(H,24,27). The molecule has 1 heterocycles. The third-order valence-electron chi connectivity index (χ3n) is 4.95. The largest absolute Gasteiger partial charge is 0.495 e. The normalized spacial score (nSPS) is 14.7. The molecule has 0 aromatic heterocycles. The van der Waals surface area contributed by atoms with Crippen LogP contribution in [0.5, 0.6) is 5.75 Å². The van der Waals surface area contributed by atoms with E-state index in [0.29, 0.717) is 18.7 Å². The molecule has 0 radical (unpaired) electrons. The van der Waals surface area contributed by atoms with E-state index in [-0.39, 0.29) is 11.8 Å². The van der Waals surface area contributed by atoms with Gasteiger partial charge in [0.1, 0.15) is 11.8 Å². The molecule has 0 spiro atoms. The number of methoxy groups -OCH3 is 1. The van der Waals surface area contributed by atoms with Gasteiger partial charge in [0.25, 0.3) is 0 Å². The molecule has 1 fully saturated rings. The van der Waals surface area contributed by atoms with Gasteiger partial charge < -0.3 is 20.3 Å². The summed E-state index contributed by atoms with van der Waals surface area (Å²) in [5.74, 6) is 0.615. The molecule has 0 bridgehead atoms. The van der Waals surface area contributed by atoms with Gasteiger partial charge in [0, 0.05) is 24.3 Å². The van der Waals surface area contributed by atoms with Crippen molar-refractivity contribution >= 4 is 28.9 Å². The average Bonchev–Trinajstić information content (AvgIpc) is 3.14. The molecule has 148 valence electrons. The van der Waals surface area contributed by atoms with Gasteiger partial charge in [-0.3, -0.25) is 9.59 Å². The molecule has 0 aliphatic carbocycles. The van der Waals surface area contributed by atoms with Crippen molar-refractivity contribution in [1.29, 1.82) is 0 Å². The molecule has 2 N–H and O–H groups in total. The molecule has 2 aromatic carbocycles. The number of rotatable bonds is 7. The molecule has 6 heteroatoms. The number of hydrogen-bond donors (Lipinski definition) is 2. The minimum absolute atomic E-state index is 0.0942. The summed E-state index contributed by atoms with van der Waals surface area (Å²) >= 11 is 0. The Morgan fingerprint density at radius 3 is 2.50 bits per heavy atom. The maximum Gasteiger partial charge on any atom is 0.246 e. The second kappa shape index (κ2) is 8.78. The zero-order valence-electron chi connectivity index (χ0n) is 16.6. The molecule has 1 unspecified atom stereocenters. The highest BCUT2D eigenvalue weighted by Crippen LogP contribution is 2.34. The summed E-state index contributed by atoms with van der Waals surface area (Å²) in [6, 6.07) is 12.9. The topological polar surface area (TPSA) is 70.7 Å². The molecule has 1 atom stereocenters. The van der Waals surface area contributed by atoms with E-state index in [1.165, 1.54) is 5.56 Å². The van der Waals surface area contributed by atoms with Crippen molar-refractivity contribution in [2.24, 2.45) is 0 Å². The lowest BCUT2D eigenvalue weighted by atomic mass is 10.1. The fourth-order valence-electron chi connectivity index (χ4n) is 3.28. The number of nitrogens with one attached hydrogen (secondary N) is 2. The predicted molar refractivity (Wildman–Crippen MR) is 112 cm³/mol. The maximum absolute atomic E-state index is 12.5. The molecule has 28 heavy (non-hydrogen) atoms. The summed E-state index contributed by atoms with van der Waals surface area (Å²) in [6.07, 6.45) is 2.36. The van der Waals surface area contributed by atoms with Crippen LogP contribution in [0.2, 0.25) is 0 Å². The Morgan fingerprint density at radius 2 is 1.89 bits per heavy atom. The first-order valence-electron chi connectivity index (χ1n) is 9.66. The van der Waals surface area contributed by atoms with E-state index < -0.39 is 6.04 Å². The number of hydrogen-bond acceptors (Lipinski definition) is 4. The molecule has 1 aliphatic heterocycles. The van der Waals surface area contributed by atoms with Gasteiger partial charge >= 0.3 is 0 Å². The quantitative estimate of drug-likeness (QED) is 0.765.